The summed E-state index contributed by atoms with van der Waals surface area (Å²) in [7, 11) is 1.76. The van der Waals surface area contributed by atoms with Crippen LogP contribution in [0, 0.1) is 0 Å². The molecule has 72 valence electrons. The van der Waals surface area contributed by atoms with Crippen molar-refractivity contribution in [2.45, 2.75) is 32.9 Å². The van der Waals surface area contributed by atoms with E-state index in [9.17, 15) is 4.79 Å². The largest absolute Gasteiger partial charge is 0.334 e. The van der Waals surface area contributed by atoms with Gasteiger partial charge in [0.2, 0.25) is 0 Å². The quantitative estimate of drug-likeness (QED) is 0.678. The van der Waals surface area contributed by atoms with Crippen molar-refractivity contribution >= 4 is 17.6 Å². The molecule has 0 spiro atoms. The van der Waals surface area contributed by atoms with Crippen LogP contribution in [0.2, 0.25) is 0 Å². The molecule has 0 rings (SSSR count). The molecule has 0 aliphatic heterocycles. The second kappa shape index (κ2) is 5.25. The van der Waals surface area contributed by atoms with Gasteiger partial charge in [-0.3, -0.25) is 0 Å². The predicted octanol–water partition coefficient (Wildman–Crippen LogP) is 1.66. The molecule has 1 N–H and O–H groups in total. The molecule has 0 aliphatic carbocycles. The fourth-order valence-corrected chi connectivity index (χ4v) is 0.663. The summed E-state index contributed by atoms with van der Waals surface area (Å²) in [6.45, 7) is 5.80. The summed E-state index contributed by atoms with van der Waals surface area (Å²) in [5.74, 6) is 0.442. The van der Waals surface area contributed by atoms with Crippen molar-refractivity contribution in [1.29, 1.82) is 0 Å². The standard InChI is InChI=1S/C8H17ClN2O/c1-6(2)11(4)8(12)10-7(3)5-9/h6-7H,5H2,1-4H3,(H,10,12). The SMILES string of the molecule is CC(CCl)NC(=O)N(C)C(C)C. The first kappa shape index (κ1) is 11.6. The van der Waals surface area contributed by atoms with E-state index < -0.39 is 0 Å². The van der Waals surface area contributed by atoms with Crippen molar-refractivity contribution in [3.8, 4) is 0 Å². The number of alkyl halides is 1. The summed E-state index contributed by atoms with van der Waals surface area (Å²) in [4.78, 5) is 13.0. The highest BCUT2D eigenvalue weighted by molar-refractivity contribution is 6.18. The van der Waals surface area contributed by atoms with E-state index >= 15 is 0 Å². The molecule has 0 saturated carbocycles. The Labute approximate surface area is 79.1 Å². The van der Waals surface area contributed by atoms with E-state index in [0.29, 0.717) is 5.88 Å². The summed E-state index contributed by atoms with van der Waals surface area (Å²) in [5.41, 5.74) is 0. The third kappa shape index (κ3) is 3.81. The van der Waals surface area contributed by atoms with Crippen molar-refractivity contribution in [2.24, 2.45) is 0 Å². The van der Waals surface area contributed by atoms with E-state index in [2.05, 4.69) is 5.32 Å². The maximum Gasteiger partial charge on any atom is 0.317 e. The lowest BCUT2D eigenvalue weighted by atomic mass is 10.3. The maximum absolute atomic E-state index is 11.3. The summed E-state index contributed by atoms with van der Waals surface area (Å²) >= 11 is 5.55. The number of halogens is 1. The Morgan fingerprint density at radius 1 is 1.50 bits per heavy atom. The lowest BCUT2D eigenvalue weighted by Crippen LogP contribution is -2.45. The molecule has 0 aromatic carbocycles. The highest BCUT2D eigenvalue weighted by Gasteiger charge is 2.12. The Bertz CT molecular complexity index is 150. The normalized spacial score (nSPS) is 12.8. The van der Waals surface area contributed by atoms with E-state index in [1.807, 2.05) is 20.8 Å². The summed E-state index contributed by atoms with van der Waals surface area (Å²) in [6, 6.07) is 0.172. The van der Waals surface area contributed by atoms with Crippen LogP contribution in [-0.2, 0) is 0 Å². The van der Waals surface area contributed by atoms with E-state index in [0.717, 1.165) is 0 Å². The van der Waals surface area contributed by atoms with Gasteiger partial charge in [0.25, 0.3) is 0 Å². The molecule has 0 aromatic heterocycles. The van der Waals surface area contributed by atoms with E-state index in [-0.39, 0.29) is 18.1 Å². The first-order valence-corrected chi connectivity index (χ1v) is 4.61. The molecule has 1 unspecified atom stereocenters. The number of urea groups is 1. The van der Waals surface area contributed by atoms with Crippen LogP contribution in [0.1, 0.15) is 20.8 Å². The second-order valence-corrected chi connectivity index (χ2v) is 3.52. The summed E-state index contributed by atoms with van der Waals surface area (Å²) in [5, 5.41) is 2.77. The van der Waals surface area contributed by atoms with Crippen LogP contribution in [0.3, 0.4) is 0 Å². The van der Waals surface area contributed by atoms with Gasteiger partial charge in [-0.2, -0.15) is 0 Å². The van der Waals surface area contributed by atoms with Crippen molar-refractivity contribution in [1.82, 2.24) is 10.2 Å². The van der Waals surface area contributed by atoms with Gasteiger partial charge >= 0.3 is 6.03 Å². The topological polar surface area (TPSA) is 32.3 Å². The third-order valence-electron chi connectivity index (χ3n) is 1.70. The lowest BCUT2D eigenvalue weighted by molar-refractivity contribution is 0.195. The van der Waals surface area contributed by atoms with Crippen molar-refractivity contribution < 1.29 is 4.79 Å². The van der Waals surface area contributed by atoms with Gasteiger partial charge in [0.15, 0.2) is 0 Å². The Kier molecular flexibility index (Phi) is 5.06. The molecule has 0 heterocycles. The van der Waals surface area contributed by atoms with Crippen LogP contribution in [-0.4, -0.2) is 35.9 Å². The monoisotopic (exact) mass is 192 g/mol. The number of hydrogen-bond acceptors (Lipinski definition) is 1. The average molecular weight is 193 g/mol. The molecular weight excluding hydrogens is 176 g/mol. The van der Waals surface area contributed by atoms with Gasteiger partial charge in [-0.05, 0) is 20.8 Å². The molecule has 1 atom stereocenters. The number of nitrogens with zero attached hydrogens (tertiary/aromatic N) is 1. The Hall–Kier alpha value is -0.440. The second-order valence-electron chi connectivity index (χ2n) is 3.21. The number of carbonyl (C=O) groups is 1. The molecule has 4 heteroatoms. The minimum atomic E-state index is -0.0712. The minimum Gasteiger partial charge on any atom is -0.334 e. The van der Waals surface area contributed by atoms with E-state index in [1.54, 1.807) is 11.9 Å². The molecular formula is C8H17ClN2O. The fraction of sp³-hybridized carbons (Fsp3) is 0.875. The Morgan fingerprint density at radius 3 is 2.33 bits per heavy atom. The van der Waals surface area contributed by atoms with E-state index in [4.69, 9.17) is 11.6 Å². The molecule has 0 fully saturated rings. The van der Waals surface area contributed by atoms with Crippen molar-refractivity contribution in [3.63, 3.8) is 0 Å². The fourth-order valence-electron chi connectivity index (χ4n) is 0.586. The average Bonchev–Trinajstić information content (AvgIpc) is 2.02. The van der Waals surface area contributed by atoms with Crippen LogP contribution in [0.25, 0.3) is 0 Å². The van der Waals surface area contributed by atoms with Gasteiger partial charge in [-0.1, -0.05) is 0 Å². The smallest absolute Gasteiger partial charge is 0.317 e. The van der Waals surface area contributed by atoms with Crippen LogP contribution >= 0.6 is 11.6 Å². The third-order valence-corrected chi connectivity index (χ3v) is 2.16. The van der Waals surface area contributed by atoms with Crippen molar-refractivity contribution in [3.05, 3.63) is 0 Å². The van der Waals surface area contributed by atoms with Gasteiger partial charge < -0.3 is 10.2 Å². The number of carbonyl (C=O) groups excluding carboxylic acids is 1. The number of amides is 2. The van der Waals surface area contributed by atoms with Crippen LogP contribution < -0.4 is 5.32 Å². The minimum absolute atomic E-state index is 0.0281. The first-order valence-electron chi connectivity index (χ1n) is 4.08. The number of rotatable bonds is 3. The maximum atomic E-state index is 11.3. The lowest BCUT2D eigenvalue weighted by Gasteiger charge is -2.23. The first-order chi connectivity index (χ1) is 5.49. The van der Waals surface area contributed by atoms with Gasteiger partial charge in [0.05, 0.1) is 0 Å². The van der Waals surface area contributed by atoms with Gasteiger partial charge in [-0.15, -0.1) is 11.6 Å². The molecule has 0 aromatic rings. The number of nitrogens with one attached hydrogen (secondary N) is 1. The molecule has 2 amide bonds. The highest BCUT2D eigenvalue weighted by Crippen LogP contribution is 1.95. The molecule has 0 bridgehead atoms. The molecule has 0 aliphatic rings. The van der Waals surface area contributed by atoms with Crippen LogP contribution in [0.4, 0.5) is 4.79 Å². The van der Waals surface area contributed by atoms with E-state index in [1.165, 1.54) is 0 Å². The molecule has 0 radical (unpaired) electrons. The summed E-state index contributed by atoms with van der Waals surface area (Å²) in [6.07, 6.45) is 0. The molecule has 0 saturated heterocycles. The van der Waals surface area contributed by atoms with Gasteiger partial charge in [-0.25, -0.2) is 4.79 Å². The Morgan fingerprint density at radius 2 is 2.00 bits per heavy atom. The van der Waals surface area contributed by atoms with Crippen LogP contribution in [0.15, 0.2) is 0 Å². The Balaban J connectivity index is 3.87. The predicted molar refractivity (Wildman–Crippen MR) is 51.6 cm³/mol. The van der Waals surface area contributed by atoms with Gasteiger partial charge in [0.1, 0.15) is 0 Å². The summed E-state index contributed by atoms with van der Waals surface area (Å²) < 4.78 is 0. The molecule has 3 nitrogen and oxygen atoms in total. The zero-order chi connectivity index (χ0) is 9.72. The van der Waals surface area contributed by atoms with Crippen molar-refractivity contribution in [2.75, 3.05) is 12.9 Å². The zero-order valence-corrected chi connectivity index (χ0v) is 8.85. The number of hydrogen-bond donors (Lipinski definition) is 1. The van der Waals surface area contributed by atoms with Crippen LogP contribution in [0.5, 0.6) is 0 Å². The zero-order valence-electron chi connectivity index (χ0n) is 8.10. The van der Waals surface area contributed by atoms with Gasteiger partial charge in [0, 0.05) is 25.0 Å². The molecule has 12 heavy (non-hydrogen) atoms. The highest BCUT2D eigenvalue weighted by atomic mass is 35.5.